The smallest absolute Gasteiger partial charge is 0.194 e. The van der Waals surface area contributed by atoms with Crippen molar-refractivity contribution in [2.75, 3.05) is 6.26 Å². The number of sulfone groups is 1. The summed E-state index contributed by atoms with van der Waals surface area (Å²) in [5, 5.41) is 0.00140. The van der Waals surface area contributed by atoms with E-state index in [1.54, 1.807) is 13.0 Å². The molecule has 0 amide bonds. The number of hydrogen-bond acceptors (Lipinski definition) is 4. The third-order valence-corrected chi connectivity index (χ3v) is 6.87. The maximum Gasteiger partial charge on any atom is 0.194 e. The molecule has 140 valence electrons. The highest BCUT2D eigenvalue weighted by molar-refractivity contribution is 7.90. The molecule has 0 saturated heterocycles. The van der Waals surface area contributed by atoms with Crippen LogP contribution in [0.4, 0.5) is 4.39 Å². The van der Waals surface area contributed by atoms with E-state index in [1.807, 2.05) is 0 Å². The van der Waals surface area contributed by atoms with Crippen molar-refractivity contribution >= 4 is 21.4 Å². The van der Waals surface area contributed by atoms with E-state index in [2.05, 4.69) is 9.97 Å². The number of hydrogen-bond donors (Lipinski definition) is 1. The Kier molecular flexibility index (Phi) is 4.17. The number of halogens is 2. The van der Waals surface area contributed by atoms with Crippen LogP contribution in [0.2, 0.25) is 5.02 Å². The molecule has 0 bridgehead atoms. The molecule has 8 heteroatoms. The van der Waals surface area contributed by atoms with Gasteiger partial charge in [0.05, 0.1) is 16.8 Å². The van der Waals surface area contributed by atoms with Crippen LogP contribution < -0.4 is 0 Å². The summed E-state index contributed by atoms with van der Waals surface area (Å²) in [5.41, 5.74) is 1.37. The average molecular weight is 399 g/mol. The van der Waals surface area contributed by atoms with Gasteiger partial charge in [-0.3, -0.25) is 0 Å². The van der Waals surface area contributed by atoms with Crippen molar-refractivity contribution in [1.29, 1.82) is 0 Å². The highest BCUT2D eigenvalue weighted by Gasteiger charge is 2.57. The number of H-pyrrole nitrogens is 1. The van der Waals surface area contributed by atoms with E-state index in [-0.39, 0.29) is 21.6 Å². The molecule has 2 saturated carbocycles. The van der Waals surface area contributed by atoms with E-state index in [9.17, 15) is 12.8 Å². The van der Waals surface area contributed by atoms with E-state index in [0.29, 0.717) is 17.1 Å². The molecule has 1 heterocycles. The number of nitrogens with zero attached hydrogens (tertiary/aromatic N) is 1. The Balaban J connectivity index is 1.73. The number of benzene rings is 1. The van der Waals surface area contributed by atoms with Gasteiger partial charge in [-0.1, -0.05) is 17.7 Å². The summed E-state index contributed by atoms with van der Waals surface area (Å²) in [6.45, 7) is 1.66. The SMILES string of the molecule is Cc1[nH]c(C(OC2CCC23CC3)c2ccc(F)c(Cl)c2)nc1S(C)(=O)=O. The summed E-state index contributed by atoms with van der Waals surface area (Å²) >= 11 is 5.95. The maximum absolute atomic E-state index is 13.6. The maximum atomic E-state index is 13.6. The van der Waals surface area contributed by atoms with E-state index in [4.69, 9.17) is 16.3 Å². The fourth-order valence-corrected chi connectivity index (χ4v) is 4.77. The van der Waals surface area contributed by atoms with Crippen LogP contribution in [0.3, 0.4) is 0 Å². The first-order chi connectivity index (χ1) is 12.2. The molecule has 2 aliphatic carbocycles. The predicted molar refractivity (Wildman–Crippen MR) is 95.5 cm³/mol. The molecule has 2 aromatic rings. The highest BCUT2D eigenvalue weighted by Crippen LogP contribution is 2.62. The molecule has 5 nitrogen and oxygen atoms in total. The molecule has 2 fully saturated rings. The standard InChI is InChI=1S/C18H20ClFN2O3S/c1-10-17(26(2,23)24)22-16(21-10)15(11-3-4-13(20)12(19)9-11)25-14-5-6-18(14)7-8-18/h3-4,9,14-15H,5-8H2,1-2H3,(H,21,22). The van der Waals surface area contributed by atoms with Gasteiger partial charge in [0.1, 0.15) is 17.7 Å². The number of imidazole rings is 1. The van der Waals surface area contributed by atoms with Crippen LogP contribution in [0, 0.1) is 18.2 Å². The molecule has 0 radical (unpaired) electrons. The molecule has 1 aromatic heterocycles. The number of aromatic amines is 1. The molecular formula is C18H20ClFN2O3S. The second-order valence-corrected chi connectivity index (χ2v) is 9.74. The van der Waals surface area contributed by atoms with Crippen LogP contribution >= 0.6 is 11.6 Å². The first kappa shape index (κ1) is 17.9. The van der Waals surface area contributed by atoms with E-state index >= 15 is 0 Å². The van der Waals surface area contributed by atoms with Crippen molar-refractivity contribution < 1.29 is 17.5 Å². The molecule has 0 aliphatic heterocycles. The number of nitrogens with one attached hydrogen (secondary N) is 1. The second-order valence-electron chi connectivity index (χ2n) is 7.40. The highest BCUT2D eigenvalue weighted by atomic mass is 35.5. The average Bonchev–Trinajstić information content (AvgIpc) is 3.28. The van der Waals surface area contributed by atoms with Gasteiger partial charge in [0.15, 0.2) is 14.9 Å². The lowest BCUT2D eigenvalue weighted by Gasteiger charge is -2.39. The third-order valence-electron chi connectivity index (χ3n) is 5.48. The summed E-state index contributed by atoms with van der Waals surface area (Å²) < 4.78 is 43.8. The number of aryl methyl sites for hydroxylation is 1. The van der Waals surface area contributed by atoms with Gasteiger partial charge in [-0.2, -0.15) is 0 Å². The first-order valence-electron chi connectivity index (χ1n) is 8.57. The van der Waals surface area contributed by atoms with Gasteiger partial charge in [-0.05, 0) is 55.7 Å². The van der Waals surface area contributed by atoms with Crippen molar-refractivity contribution in [1.82, 2.24) is 9.97 Å². The summed E-state index contributed by atoms with van der Waals surface area (Å²) in [6, 6.07) is 4.40. The number of rotatable bonds is 5. The minimum Gasteiger partial charge on any atom is -0.362 e. The van der Waals surface area contributed by atoms with Crippen LogP contribution in [-0.4, -0.2) is 30.7 Å². The van der Waals surface area contributed by atoms with Gasteiger partial charge < -0.3 is 9.72 Å². The summed E-state index contributed by atoms with van der Waals surface area (Å²) in [5.74, 6) is -0.114. The molecule has 26 heavy (non-hydrogen) atoms. The minimum absolute atomic E-state index is 0.00235. The van der Waals surface area contributed by atoms with Gasteiger partial charge in [-0.15, -0.1) is 0 Å². The van der Waals surface area contributed by atoms with Crippen LogP contribution in [0.15, 0.2) is 23.2 Å². The molecule has 1 spiro atoms. The Labute approximate surface area is 156 Å². The van der Waals surface area contributed by atoms with E-state index in [1.165, 1.54) is 12.1 Å². The van der Waals surface area contributed by atoms with E-state index in [0.717, 1.165) is 31.9 Å². The van der Waals surface area contributed by atoms with Crippen LogP contribution in [-0.2, 0) is 14.6 Å². The Morgan fingerprint density at radius 3 is 2.62 bits per heavy atom. The molecular weight excluding hydrogens is 379 g/mol. The van der Waals surface area contributed by atoms with Gasteiger partial charge >= 0.3 is 0 Å². The summed E-state index contributed by atoms with van der Waals surface area (Å²) in [4.78, 5) is 7.32. The lowest BCUT2D eigenvalue weighted by molar-refractivity contribution is -0.0917. The zero-order chi connectivity index (χ0) is 18.7. The summed E-state index contributed by atoms with van der Waals surface area (Å²) in [6.07, 6.45) is 5.02. The largest absolute Gasteiger partial charge is 0.362 e. The van der Waals surface area contributed by atoms with Gasteiger partial charge in [-0.25, -0.2) is 17.8 Å². The van der Waals surface area contributed by atoms with Crippen molar-refractivity contribution in [3.8, 4) is 0 Å². The zero-order valence-corrected chi connectivity index (χ0v) is 16.1. The predicted octanol–water partition coefficient (Wildman–Crippen LogP) is 3.96. The molecule has 1 aromatic carbocycles. The zero-order valence-electron chi connectivity index (χ0n) is 14.6. The first-order valence-corrected chi connectivity index (χ1v) is 10.8. The quantitative estimate of drug-likeness (QED) is 0.827. The van der Waals surface area contributed by atoms with Crippen molar-refractivity contribution in [2.24, 2.45) is 5.41 Å². The molecule has 4 rings (SSSR count). The summed E-state index contributed by atoms with van der Waals surface area (Å²) in [7, 11) is -3.46. The fraction of sp³-hybridized carbons (Fsp3) is 0.500. The van der Waals surface area contributed by atoms with Gasteiger partial charge in [0.2, 0.25) is 0 Å². The second kappa shape index (κ2) is 6.04. The Bertz CT molecular complexity index is 969. The lowest BCUT2D eigenvalue weighted by atomic mass is 9.78. The molecule has 2 unspecified atom stereocenters. The molecule has 2 aliphatic rings. The Morgan fingerprint density at radius 1 is 1.38 bits per heavy atom. The topological polar surface area (TPSA) is 72.0 Å². The van der Waals surface area contributed by atoms with Crippen LogP contribution in [0.1, 0.15) is 48.9 Å². The van der Waals surface area contributed by atoms with Crippen molar-refractivity contribution in [3.63, 3.8) is 0 Å². The number of ether oxygens (including phenoxy) is 1. The Morgan fingerprint density at radius 2 is 2.12 bits per heavy atom. The monoisotopic (exact) mass is 398 g/mol. The third kappa shape index (κ3) is 3.06. The van der Waals surface area contributed by atoms with E-state index < -0.39 is 21.8 Å². The fourth-order valence-electron chi connectivity index (χ4n) is 3.71. The molecule has 1 N–H and O–H groups in total. The normalized spacial score (nSPS) is 22.2. The minimum atomic E-state index is -3.46. The van der Waals surface area contributed by atoms with Crippen molar-refractivity contribution in [2.45, 2.75) is 49.8 Å². The molecule has 2 atom stereocenters. The number of aromatic nitrogens is 2. The van der Waals surface area contributed by atoms with Crippen LogP contribution in [0.5, 0.6) is 0 Å². The van der Waals surface area contributed by atoms with Crippen molar-refractivity contribution in [3.05, 3.63) is 46.1 Å². The van der Waals surface area contributed by atoms with Gasteiger partial charge in [0.25, 0.3) is 0 Å². The lowest BCUT2D eigenvalue weighted by Crippen LogP contribution is -2.37. The Hall–Kier alpha value is -1.44. The van der Waals surface area contributed by atoms with Gasteiger partial charge in [0, 0.05) is 6.26 Å². The van der Waals surface area contributed by atoms with Crippen LogP contribution in [0.25, 0.3) is 0 Å².